The Kier molecular flexibility index (Phi) is 5.86. The number of likely N-dealkylation sites (N-methyl/N-ethyl adjacent to an activating group) is 1. The molecule has 3 rings (SSSR count). The summed E-state index contributed by atoms with van der Waals surface area (Å²) < 4.78 is 7.71. The van der Waals surface area contributed by atoms with Gasteiger partial charge in [0.15, 0.2) is 0 Å². The van der Waals surface area contributed by atoms with E-state index in [0.29, 0.717) is 25.6 Å². The average Bonchev–Trinajstić information content (AvgIpc) is 3.22. The fourth-order valence-corrected chi connectivity index (χ4v) is 3.55. The molecule has 0 spiro atoms. The smallest absolute Gasteiger partial charge is 0.222 e. The Bertz CT molecular complexity index is 539. The zero-order chi connectivity index (χ0) is 16.9. The summed E-state index contributed by atoms with van der Waals surface area (Å²) in [7, 11) is 2.16. The summed E-state index contributed by atoms with van der Waals surface area (Å²) in [5.41, 5.74) is 0. The molecule has 2 aliphatic heterocycles. The van der Waals surface area contributed by atoms with Gasteiger partial charge in [-0.05, 0) is 7.05 Å². The first kappa shape index (κ1) is 17.4. The standard InChI is InChI=1S/C17H29N5O2/c1-3-16-18-5-7-22(16)6-4-17(23)19-14-12-24-13-15(14)21-10-8-20(2)9-11-21/h5,7,14-15H,3-4,6,8-13H2,1-2H3,(H,19,23)/t14-,15-/m0/s1. The number of hydrogen-bond acceptors (Lipinski definition) is 5. The zero-order valence-corrected chi connectivity index (χ0v) is 14.8. The lowest BCUT2D eigenvalue weighted by molar-refractivity contribution is -0.122. The van der Waals surface area contributed by atoms with Gasteiger partial charge in [0.25, 0.3) is 0 Å². The fourth-order valence-electron chi connectivity index (χ4n) is 3.55. The molecule has 7 heteroatoms. The highest BCUT2D eigenvalue weighted by Gasteiger charge is 2.35. The topological polar surface area (TPSA) is 62.6 Å². The van der Waals surface area contributed by atoms with Crippen molar-refractivity contribution >= 4 is 5.91 Å². The molecule has 2 fully saturated rings. The van der Waals surface area contributed by atoms with Gasteiger partial charge in [0.05, 0.1) is 25.3 Å². The Morgan fingerprint density at radius 3 is 2.88 bits per heavy atom. The summed E-state index contributed by atoms with van der Waals surface area (Å²) in [4.78, 5) is 21.4. The van der Waals surface area contributed by atoms with Crippen LogP contribution in [0.4, 0.5) is 0 Å². The lowest BCUT2D eigenvalue weighted by Gasteiger charge is -2.38. The van der Waals surface area contributed by atoms with Crippen molar-refractivity contribution in [3.05, 3.63) is 18.2 Å². The molecular formula is C17H29N5O2. The number of ether oxygens (including phenoxy) is 1. The van der Waals surface area contributed by atoms with E-state index in [9.17, 15) is 4.79 Å². The van der Waals surface area contributed by atoms with Crippen molar-refractivity contribution in [2.75, 3.05) is 46.4 Å². The molecule has 0 saturated carbocycles. The summed E-state index contributed by atoms with van der Waals surface area (Å²) in [5, 5.41) is 3.18. The second-order valence-electron chi connectivity index (χ2n) is 6.76. The second-order valence-corrected chi connectivity index (χ2v) is 6.76. The van der Waals surface area contributed by atoms with Crippen molar-refractivity contribution in [2.45, 2.75) is 38.4 Å². The number of carbonyl (C=O) groups excluding carboxylic acids is 1. The number of aromatic nitrogens is 2. The number of aryl methyl sites for hydroxylation is 2. The van der Waals surface area contributed by atoms with Crippen LogP contribution in [0.25, 0.3) is 0 Å². The van der Waals surface area contributed by atoms with Crippen LogP contribution in [0.15, 0.2) is 12.4 Å². The minimum atomic E-state index is 0.0976. The summed E-state index contributed by atoms with van der Waals surface area (Å²) in [5.74, 6) is 1.13. The molecule has 134 valence electrons. The number of hydrogen-bond donors (Lipinski definition) is 1. The molecule has 0 aliphatic carbocycles. The minimum absolute atomic E-state index is 0.0976. The molecule has 3 heterocycles. The molecule has 1 aromatic rings. The Balaban J connectivity index is 1.48. The van der Waals surface area contributed by atoms with Gasteiger partial charge < -0.3 is 19.5 Å². The Morgan fingerprint density at radius 1 is 1.33 bits per heavy atom. The van der Waals surface area contributed by atoms with E-state index in [-0.39, 0.29) is 11.9 Å². The predicted molar refractivity (Wildman–Crippen MR) is 91.8 cm³/mol. The van der Waals surface area contributed by atoms with Crippen LogP contribution in [-0.4, -0.2) is 83.8 Å². The van der Waals surface area contributed by atoms with Gasteiger partial charge >= 0.3 is 0 Å². The van der Waals surface area contributed by atoms with Crippen LogP contribution in [0, 0.1) is 0 Å². The van der Waals surface area contributed by atoms with Crippen molar-refractivity contribution < 1.29 is 9.53 Å². The lowest BCUT2D eigenvalue weighted by Crippen LogP contribution is -2.56. The van der Waals surface area contributed by atoms with Crippen LogP contribution in [0.3, 0.4) is 0 Å². The second kappa shape index (κ2) is 8.09. The molecular weight excluding hydrogens is 306 g/mol. The van der Waals surface area contributed by atoms with E-state index >= 15 is 0 Å². The first-order valence-corrected chi connectivity index (χ1v) is 8.97. The van der Waals surface area contributed by atoms with E-state index in [2.05, 4.69) is 38.6 Å². The molecule has 2 atom stereocenters. The summed E-state index contributed by atoms with van der Waals surface area (Å²) >= 11 is 0. The van der Waals surface area contributed by atoms with E-state index in [0.717, 1.165) is 45.0 Å². The summed E-state index contributed by atoms with van der Waals surface area (Å²) in [6.45, 7) is 8.36. The third-order valence-corrected chi connectivity index (χ3v) is 5.10. The van der Waals surface area contributed by atoms with E-state index < -0.39 is 0 Å². The van der Waals surface area contributed by atoms with Gasteiger partial charge in [0, 0.05) is 58.0 Å². The van der Waals surface area contributed by atoms with Crippen molar-refractivity contribution in [3.63, 3.8) is 0 Å². The molecule has 24 heavy (non-hydrogen) atoms. The van der Waals surface area contributed by atoms with Crippen molar-refractivity contribution in [2.24, 2.45) is 0 Å². The molecule has 0 aromatic carbocycles. The molecule has 7 nitrogen and oxygen atoms in total. The maximum Gasteiger partial charge on any atom is 0.222 e. The maximum atomic E-state index is 12.3. The van der Waals surface area contributed by atoms with Crippen LogP contribution in [-0.2, 0) is 22.5 Å². The highest BCUT2D eigenvalue weighted by molar-refractivity contribution is 5.76. The Morgan fingerprint density at radius 2 is 2.12 bits per heavy atom. The highest BCUT2D eigenvalue weighted by Crippen LogP contribution is 2.15. The number of imidazole rings is 1. The number of nitrogens with one attached hydrogen (secondary N) is 1. The molecule has 2 aliphatic rings. The molecule has 0 bridgehead atoms. The largest absolute Gasteiger partial charge is 0.378 e. The SMILES string of the molecule is CCc1nccn1CCC(=O)N[C@H]1COC[C@@H]1N1CCN(C)CC1. The van der Waals surface area contributed by atoms with Crippen LogP contribution in [0.1, 0.15) is 19.2 Å². The normalized spacial score (nSPS) is 25.9. The zero-order valence-electron chi connectivity index (χ0n) is 14.8. The van der Waals surface area contributed by atoms with Crippen LogP contribution < -0.4 is 5.32 Å². The number of carbonyl (C=O) groups is 1. The molecule has 1 amide bonds. The molecule has 1 aromatic heterocycles. The predicted octanol–water partition coefficient (Wildman–Crippen LogP) is -0.0334. The van der Waals surface area contributed by atoms with Crippen molar-refractivity contribution in [1.29, 1.82) is 0 Å². The average molecular weight is 335 g/mol. The van der Waals surface area contributed by atoms with E-state index in [1.54, 1.807) is 6.20 Å². The summed E-state index contributed by atoms with van der Waals surface area (Å²) in [6.07, 6.45) is 5.11. The van der Waals surface area contributed by atoms with Crippen molar-refractivity contribution in [1.82, 2.24) is 24.7 Å². The van der Waals surface area contributed by atoms with Gasteiger partial charge in [-0.1, -0.05) is 6.92 Å². The molecule has 0 unspecified atom stereocenters. The van der Waals surface area contributed by atoms with Crippen LogP contribution >= 0.6 is 0 Å². The third kappa shape index (κ3) is 4.15. The van der Waals surface area contributed by atoms with Gasteiger partial charge in [-0.15, -0.1) is 0 Å². The van der Waals surface area contributed by atoms with Gasteiger partial charge in [-0.25, -0.2) is 4.98 Å². The van der Waals surface area contributed by atoms with E-state index in [1.807, 2.05) is 6.20 Å². The first-order valence-electron chi connectivity index (χ1n) is 8.97. The Hall–Kier alpha value is -1.44. The highest BCUT2D eigenvalue weighted by atomic mass is 16.5. The van der Waals surface area contributed by atoms with Gasteiger partial charge in [-0.3, -0.25) is 9.69 Å². The summed E-state index contributed by atoms with van der Waals surface area (Å²) in [6, 6.07) is 0.413. The van der Waals surface area contributed by atoms with E-state index in [4.69, 9.17) is 4.74 Å². The number of amides is 1. The van der Waals surface area contributed by atoms with Gasteiger partial charge in [-0.2, -0.15) is 0 Å². The van der Waals surface area contributed by atoms with Gasteiger partial charge in [0.2, 0.25) is 5.91 Å². The third-order valence-electron chi connectivity index (χ3n) is 5.10. The quantitative estimate of drug-likeness (QED) is 0.791. The minimum Gasteiger partial charge on any atom is -0.378 e. The van der Waals surface area contributed by atoms with Gasteiger partial charge in [0.1, 0.15) is 5.82 Å². The van der Waals surface area contributed by atoms with Crippen LogP contribution in [0.5, 0.6) is 0 Å². The number of nitrogens with zero attached hydrogens (tertiary/aromatic N) is 4. The fraction of sp³-hybridized carbons (Fsp3) is 0.765. The number of piperazine rings is 1. The van der Waals surface area contributed by atoms with Crippen molar-refractivity contribution in [3.8, 4) is 0 Å². The number of rotatable bonds is 6. The Labute approximate surface area is 144 Å². The molecule has 2 saturated heterocycles. The van der Waals surface area contributed by atoms with Crippen LogP contribution in [0.2, 0.25) is 0 Å². The lowest BCUT2D eigenvalue weighted by atomic mass is 10.1. The van der Waals surface area contributed by atoms with E-state index in [1.165, 1.54) is 0 Å². The molecule has 1 N–H and O–H groups in total. The first-order chi connectivity index (χ1) is 11.7. The monoisotopic (exact) mass is 335 g/mol. The molecule has 0 radical (unpaired) electrons. The maximum absolute atomic E-state index is 12.3.